The zero-order chi connectivity index (χ0) is 35.1. The highest BCUT2D eigenvalue weighted by Crippen LogP contribution is 2.35. The molecule has 1 aliphatic rings. The molecule has 0 saturated heterocycles. The first-order valence-electron chi connectivity index (χ1n) is 16.3. The Morgan fingerprint density at radius 2 is 1.25 bits per heavy atom. The Morgan fingerprint density at radius 1 is 0.750 bits per heavy atom. The first-order chi connectivity index (χ1) is 23.3. The maximum absolute atomic E-state index is 10.9. The second-order valence-corrected chi connectivity index (χ2v) is 11.1. The molecule has 1 heterocycles. The monoisotopic (exact) mass is 655 g/mol. The summed E-state index contributed by atoms with van der Waals surface area (Å²) in [5.41, 5.74) is 7.95. The number of rotatable bonds is 6. The van der Waals surface area contributed by atoms with Gasteiger partial charge >= 0.3 is 0 Å². The topological polar surface area (TPSA) is 76.0 Å². The van der Waals surface area contributed by atoms with Crippen molar-refractivity contribution < 1.29 is 9.90 Å². The van der Waals surface area contributed by atoms with Crippen LogP contribution in [-0.2, 0) is 10.2 Å². The minimum Gasteiger partial charge on any atom is -0.507 e. The fourth-order valence-electron chi connectivity index (χ4n) is 5.12. The van der Waals surface area contributed by atoms with Crippen LogP contribution >= 0.6 is 12.6 Å². The Labute approximate surface area is 291 Å². The van der Waals surface area contributed by atoms with E-state index in [1.165, 1.54) is 5.56 Å². The van der Waals surface area contributed by atoms with Crippen LogP contribution in [0.5, 0.6) is 5.75 Å². The van der Waals surface area contributed by atoms with Crippen LogP contribution in [0.15, 0.2) is 128 Å². The molecule has 5 aromatic rings. The van der Waals surface area contributed by atoms with E-state index in [1.54, 1.807) is 6.07 Å². The molecule has 0 radical (unpaired) electrons. The molecule has 1 N–H and O–H groups in total. The van der Waals surface area contributed by atoms with Crippen molar-refractivity contribution in [3.8, 4) is 51.0 Å². The summed E-state index contributed by atoms with van der Waals surface area (Å²) in [4.78, 5) is 23.2. The lowest BCUT2D eigenvalue weighted by Gasteiger charge is -2.27. The van der Waals surface area contributed by atoms with Gasteiger partial charge in [-0.1, -0.05) is 156 Å². The summed E-state index contributed by atoms with van der Waals surface area (Å²) in [5.74, 6) is 1.62. The fraction of sp³-hybridized carbons (Fsp3) is 0.190. The molecule has 6 heteroatoms. The first-order valence-corrected chi connectivity index (χ1v) is 16.8. The highest BCUT2D eigenvalue weighted by atomic mass is 32.1. The lowest BCUT2D eigenvalue weighted by atomic mass is 9.77. The van der Waals surface area contributed by atoms with Gasteiger partial charge in [0.25, 0.3) is 0 Å². The molecule has 5 nitrogen and oxygen atoms in total. The van der Waals surface area contributed by atoms with Crippen molar-refractivity contribution in [3.05, 3.63) is 139 Å². The Kier molecular flexibility index (Phi) is 14.3. The number of hydrogen-bond donors (Lipinski definition) is 2. The number of phenolic OH excluding ortho intramolecular Hbond substituents is 1. The van der Waals surface area contributed by atoms with Crippen LogP contribution in [0.25, 0.3) is 50.9 Å². The second kappa shape index (κ2) is 18.3. The molecular weight excluding hydrogens is 611 g/mol. The van der Waals surface area contributed by atoms with Crippen LogP contribution in [0.2, 0.25) is 0 Å². The zero-order valence-corrected chi connectivity index (χ0v) is 29.6. The van der Waals surface area contributed by atoms with E-state index in [2.05, 4.69) is 99.0 Å². The highest BCUT2D eigenvalue weighted by molar-refractivity contribution is 7.94. The molecule has 6 rings (SSSR count). The molecule has 4 aromatic carbocycles. The third kappa shape index (κ3) is 9.26. The fourth-order valence-corrected chi connectivity index (χ4v) is 5.12. The molecule has 0 spiro atoms. The Bertz CT molecular complexity index is 1850. The van der Waals surface area contributed by atoms with Crippen molar-refractivity contribution in [2.45, 2.75) is 53.4 Å². The van der Waals surface area contributed by atoms with Gasteiger partial charge in [0.2, 0.25) is 0 Å². The lowest BCUT2D eigenvalue weighted by molar-refractivity contribution is 0.476. The van der Waals surface area contributed by atoms with Gasteiger partial charge in [-0.2, -0.15) is 0 Å². The normalized spacial score (nSPS) is 14.2. The number of benzene rings is 4. The van der Waals surface area contributed by atoms with Gasteiger partial charge < -0.3 is 5.11 Å². The van der Waals surface area contributed by atoms with Gasteiger partial charge in [0.1, 0.15) is 5.75 Å². The predicted molar refractivity (Wildman–Crippen MR) is 207 cm³/mol. The largest absolute Gasteiger partial charge is 0.507 e. The summed E-state index contributed by atoms with van der Waals surface area (Å²) in [6.45, 7) is 16.2. The summed E-state index contributed by atoms with van der Waals surface area (Å²) in [6, 6.07) is 32.4. The highest BCUT2D eigenvalue weighted by Gasteiger charge is 2.23. The van der Waals surface area contributed by atoms with E-state index >= 15 is 0 Å². The molecule has 1 unspecified atom stereocenters. The van der Waals surface area contributed by atoms with Crippen LogP contribution in [0, 0.1) is 0 Å². The summed E-state index contributed by atoms with van der Waals surface area (Å²) < 4.78 is 0. The molecule has 48 heavy (non-hydrogen) atoms. The minimum absolute atomic E-state index is 0.0416. The van der Waals surface area contributed by atoms with E-state index in [0.717, 1.165) is 39.8 Å². The summed E-state index contributed by atoms with van der Waals surface area (Å²) in [7, 11) is 0. The Morgan fingerprint density at radius 3 is 1.75 bits per heavy atom. The maximum atomic E-state index is 10.9. The van der Waals surface area contributed by atoms with Crippen molar-refractivity contribution in [1.82, 2.24) is 15.0 Å². The average Bonchev–Trinajstić information content (AvgIpc) is 3.14. The van der Waals surface area contributed by atoms with Gasteiger partial charge in [0.15, 0.2) is 23.1 Å². The van der Waals surface area contributed by atoms with Gasteiger partial charge in [-0.3, -0.25) is 4.79 Å². The molecular formula is C42H45N3O2S. The van der Waals surface area contributed by atoms with E-state index < -0.39 is 0 Å². The SMILES string of the molecule is C=C(C)c1ccc(-c2nc(-c3ccc(-c4ccccc4)cc3)nc(-c3ccc(C4(C)C=CC=CC4)cc3)n2)c(O)c1.CC.CC.O=CS. The van der Waals surface area contributed by atoms with Crippen molar-refractivity contribution in [2.24, 2.45) is 0 Å². The quantitative estimate of drug-likeness (QED) is 0.141. The zero-order valence-electron chi connectivity index (χ0n) is 28.7. The van der Waals surface area contributed by atoms with Crippen LogP contribution in [0.1, 0.15) is 59.1 Å². The van der Waals surface area contributed by atoms with Gasteiger partial charge in [0.05, 0.1) is 5.56 Å². The number of nitrogens with zero attached hydrogens (tertiary/aromatic N) is 3. The summed E-state index contributed by atoms with van der Waals surface area (Å²) in [5, 5.41) is 10.9. The number of hydrogen-bond acceptors (Lipinski definition) is 5. The van der Waals surface area contributed by atoms with Gasteiger partial charge in [-0.15, -0.1) is 12.6 Å². The Balaban J connectivity index is 0.000000832. The molecule has 0 saturated carbocycles. The van der Waals surface area contributed by atoms with E-state index in [0.29, 0.717) is 28.7 Å². The van der Waals surface area contributed by atoms with Gasteiger partial charge in [-0.05, 0) is 47.7 Å². The van der Waals surface area contributed by atoms with Crippen molar-refractivity contribution in [3.63, 3.8) is 0 Å². The minimum atomic E-state index is -0.0416. The van der Waals surface area contributed by atoms with E-state index in [1.807, 2.05) is 77.1 Å². The van der Waals surface area contributed by atoms with Gasteiger partial charge in [-0.25, -0.2) is 15.0 Å². The van der Waals surface area contributed by atoms with Crippen LogP contribution in [0.4, 0.5) is 0 Å². The number of phenols is 1. The number of thiol groups is 1. The molecule has 1 aromatic heterocycles. The standard InChI is InChI=1S/C37H31N3O.2C2H6.CH2OS/c1-25(2)30-18-21-32(33(41)24-30)36-39-34(28-14-12-27(13-15-28)26-10-6-4-7-11-26)38-35(40-36)29-16-19-31(20-17-29)37(3)22-8-5-9-23-37;2*1-2;2-1-3/h4-22,24,41H,1,23H2,2-3H3;2*1-2H3;1H,(H,2,3). The first kappa shape index (κ1) is 37.4. The lowest BCUT2D eigenvalue weighted by Crippen LogP contribution is -2.19. The van der Waals surface area contributed by atoms with Crippen molar-refractivity contribution in [1.29, 1.82) is 0 Å². The smallest absolute Gasteiger partial charge is 0.173 e. The number of carbonyl (C=O) groups is 1. The Hall–Kier alpha value is -5.07. The molecule has 0 fully saturated rings. The molecule has 0 bridgehead atoms. The van der Waals surface area contributed by atoms with E-state index in [4.69, 9.17) is 19.7 Å². The maximum Gasteiger partial charge on any atom is 0.173 e. The van der Waals surface area contributed by atoms with Crippen molar-refractivity contribution in [2.75, 3.05) is 0 Å². The molecule has 0 amide bonds. The number of allylic oxidation sites excluding steroid dienone is 5. The van der Waals surface area contributed by atoms with Crippen LogP contribution in [-0.4, -0.2) is 25.7 Å². The molecule has 1 aliphatic carbocycles. The van der Waals surface area contributed by atoms with Crippen LogP contribution in [0.3, 0.4) is 0 Å². The molecule has 1 atom stereocenters. The van der Waals surface area contributed by atoms with E-state index in [9.17, 15) is 5.11 Å². The number of aromatic nitrogens is 3. The second-order valence-electron chi connectivity index (χ2n) is 10.9. The molecule has 0 aliphatic heterocycles. The molecule has 246 valence electrons. The predicted octanol–water partition coefficient (Wildman–Crippen LogP) is 11.2. The van der Waals surface area contributed by atoms with Crippen molar-refractivity contribution >= 4 is 23.8 Å². The van der Waals surface area contributed by atoms with Gasteiger partial charge in [0, 0.05) is 16.5 Å². The third-order valence-corrected chi connectivity index (χ3v) is 7.67. The number of carbonyl (C=O) groups excluding carboxylic acids is 1. The average molecular weight is 656 g/mol. The summed E-state index contributed by atoms with van der Waals surface area (Å²) in [6.07, 6.45) is 9.61. The third-order valence-electron chi connectivity index (χ3n) is 7.67. The van der Waals surface area contributed by atoms with E-state index in [-0.39, 0.29) is 11.2 Å². The number of aromatic hydroxyl groups is 1. The summed E-state index contributed by atoms with van der Waals surface area (Å²) >= 11 is 3.11. The van der Waals surface area contributed by atoms with Crippen LogP contribution < -0.4 is 0 Å².